The zero-order valence-electron chi connectivity index (χ0n) is 10.7. The van der Waals surface area contributed by atoms with Crippen LogP contribution >= 0.6 is 11.3 Å². The molecule has 0 fully saturated rings. The first-order valence-corrected chi connectivity index (χ1v) is 7.02. The summed E-state index contributed by atoms with van der Waals surface area (Å²) < 4.78 is 25.1. The second-order valence-electron chi connectivity index (χ2n) is 4.33. The Bertz CT molecular complexity index is 526. The van der Waals surface area contributed by atoms with Gasteiger partial charge in [-0.2, -0.15) is 0 Å². The molecule has 0 saturated carbocycles. The summed E-state index contributed by atoms with van der Waals surface area (Å²) >= 11 is 1.64. The molecular formula is C14H16F2N2S. The fourth-order valence-corrected chi connectivity index (χ4v) is 2.46. The van der Waals surface area contributed by atoms with E-state index in [0.717, 1.165) is 29.2 Å². The first-order valence-electron chi connectivity index (χ1n) is 6.14. The monoisotopic (exact) mass is 282 g/mol. The van der Waals surface area contributed by atoms with E-state index in [0.29, 0.717) is 6.54 Å². The minimum absolute atomic E-state index is 0.0782. The number of nitrogens with one attached hydrogen (secondary N) is 1. The lowest BCUT2D eigenvalue weighted by Crippen LogP contribution is -2.16. The third-order valence-corrected chi connectivity index (χ3v) is 3.58. The van der Waals surface area contributed by atoms with Crippen molar-refractivity contribution >= 4 is 11.3 Å². The smallest absolute Gasteiger partial charge is 0.263 e. The summed E-state index contributed by atoms with van der Waals surface area (Å²) in [6.07, 6.45) is -1.54. The number of benzene rings is 1. The van der Waals surface area contributed by atoms with Crippen LogP contribution < -0.4 is 5.32 Å². The van der Waals surface area contributed by atoms with E-state index >= 15 is 0 Å². The highest BCUT2D eigenvalue weighted by atomic mass is 32.1. The number of aryl methyl sites for hydroxylation is 1. The van der Waals surface area contributed by atoms with Gasteiger partial charge in [0.05, 0.1) is 10.7 Å². The van der Waals surface area contributed by atoms with Crippen LogP contribution in [0.3, 0.4) is 0 Å². The lowest BCUT2D eigenvalue weighted by molar-refractivity contribution is 0.151. The molecule has 1 aromatic heterocycles. The summed E-state index contributed by atoms with van der Waals surface area (Å²) in [5, 5.41) is 6.36. The Labute approximate surface area is 115 Å². The number of hydrogen-bond acceptors (Lipinski definition) is 3. The first-order chi connectivity index (χ1) is 9.15. The molecule has 0 aliphatic rings. The minimum atomic E-state index is -2.40. The largest absolute Gasteiger partial charge is 0.312 e. The van der Waals surface area contributed by atoms with Gasteiger partial charge >= 0.3 is 0 Å². The van der Waals surface area contributed by atoms with Gasteiger partial charge in [0.25, 0.3) is 6.43 Å². The number of halogens is 2. The summed E-state index contributed by atoms with van der Waals surface area (Å²) in [5.41, 5.74) is 2.04. The topological polar surface area (TPSA) is 24.9 Å². The molecule has 0 bridgehead atoms. The Morgan fingerprint density at radius 3 is 2.89 bits per heavy atom. The first kappa shape index (κ1) is 14.1. The number of aromatic nitrogens is 1. The molecule has 2 aromatic rings. The number of nitrogens with zero attached hydrogens (tertiary/aromatic N) is 1. The Kier molecular flexibility index (Phi) is 4.99. The molecule has 1 aromatic carbocycles. The Hall–Kier alpha value is -1.33. The van der Waals surface area contributed by atoms with Crippen LogP contribution in [0.25, 0.3) is 0 Å². The van der Waals surface area contributed by atoms with Gasteiger partial charge in [-0.1, -0.05) is 18.2 Å². The molecular weight excluding hydrogens is 266 g/mol. The third kappa shape index (κ3) is 4.36. The number of alkyl halides is 2. The molecule has 19 heavy (non-hydrogen) atoms. The number of thiazole rings is 1. The molecule has 5 heteroatoms. The van der Waals surface area contributed by atoms with Crippen molar-refractivity contribution in [2.75, 3.05) is 6.54 Å². The van der Waals surface area contributed by atoms with Crippen molar-refractivity contribution in [3.05, 3.63) is 51.5 Å². The van der Waals surface area contributed by atoms with Gasteiger partial charge in [-0.25, -0.2) is 13.8 Å². The summed E-state index contributed by atoms with van der Waals surface area (Å²) in [5.74, 6) is 0. The van der Waals surface area contributed by atoms with E-state index in [1.807, 2.05) is 13.0 Å². The average Bonchev–Trinajstić information content (AvgIpc) is 2.81. The fourth-order valence-electron chi connectivity index (χ4n) is 1.81. The molecule has 0 aliphatic heterocycles. The Balaban J connectivity index is 1.78. The molecule has 102 valence electrons. The van der Waals surface area contributed by atoms with Gasteiger partial charge in [-0.3, -0.25) is 0 Å². The van der Waals surface area contributed by atoms with Crippen molar-refractivity contribution in [3.8, 4) is 0 Å². The van der Waals surface area contributed by atoms with E-state index in [2.05, 4.69) is 15.7 Å². The zero-order chi connectivity index (χ0) is 13.7. The highest BCUT2D eigenvalue weighted by molar-refractivity contribution is 7.09. The molecule has 0 unspecified atom stereocenters. The minimum Gasteiger partial charge on any atom is -0.312 e. The van der Waals surface area contributed by atoms with Gasteiger partial charge < -0.3 is 5.32 Å². The summed E-state index contributed by atoms with van der Waals surface area (Å²) in [4.78, 5) is 4.37. The van der Waals surface area contributed by atoms with Crippen molar-refractivity contribution in [3.63, 3.8) is 0 Å². The molecule has 0 spiro atoms. The van der Waals surface area contributed by atoms with Crippen LogP contribution in [0.2, 0.25) is 0 Å². The van der Waals surface area contributed by atoms with E-state index in [-0.39, 0.29) is 5.56 Å². The highest BCUT2D eigenvalue weighted by Crippen LogP contribution is 2.19. The number of hydrogen-bond donors (Lipinski definition) is 1. The molecule has 1 N–H and O–H groups in total. The maximum Gasteiger partial charge on any atom is 0.263 e. The maximum atomic E-state index is 12.5. The second kappa shape index (κ2) is 6.73. The molecule has 0 saturated heterocycles. The Morgan fingerprint density at radius 2 is 2.21 bits per heavy atom. The van der Waals surface area contributed by atoms with E-state index in [9.17, 15) is 8.78 Å². The van der Waals surface area contributed by atoms with Gasteiger partial charge in [0.15, 0.2) is 0 Å². The lowest BCUT2D eigenvalue weighted by Gasteiger charge is -2.06. The van der Waals surface area contributed by atoms with Crippen LogP contribution in [0.4, 0.5) is 8.78 Å². The molecule has 1 heterocycles. The molecule has 0 atom stereocenters. The quantitative estimate of drug-likeness (QED) is 0.817. The van der Waals surface area contributed by atoms with Crippen LogP contribution in [0.5, 0.6) is 0 Å². The lowest BCUT2D eigenvalue weighted by atomic mass is 10.1. The van der Waals surface area contributed by atoms with E-state index < -0.39 is 6.43 Å². The molecule has 0 amide bonds. The van der Waals surface area contributed by atoms with Crippen molar-refractivity contribution in [2.45, 2.75) is 26.3 Å². The van der Waals surface area contributed by atoms with Crippen LogP contribution in [0, 0.1) is 6.92 Å². The van der Waals surface area contributed by atoms with Gasteiger partial charge in [0.2, 0.25) is 0 Å². The van der Waals surface area contributed by atoms with Crippen LogP contribution in [-0.2, 0) is 13.0 Å². The molecule has 2 rings (SSSR count). The van der Waals surface area contributed by atoms with Gasteiger partial charge in [-0.05, 0) is 18.6 Å². The summed E-state index contributed by atoms with van der Waals surface area (Å²) in [7, 11) is 0. The van der Waals surface area contributed by atoms with E-state index in [1.54, 1.807) is 23.5 Å². The molecule has 2 nitrogen and oxygen atoms in total. The second-order valence-corrected chi connectivity index (χ2v) is 5.39. The summed E-state index contributed by atoms with van der Waals surface area (Å²) in [6.45, 7) is 3.38. The standard InChI is InChI=1S/C14H16F2N2S/c1-10-18-13(9-19-10)5-6-17-8-11-3-2-4-12(7-11)14(15)16/h2-4,7,9,14,17H,5-6,8H2,1H3. The Morgan fingerprint density at radius 1 is 1.37 bits per heavy atom. The van der Waals surface area contributed by atoms with Crippen molar-refractivity contribution in [1.82, 2.24) is 10.3 Å². The van der Waals surface area contributed by atoms with E-state index in [1.165, 1.54) is 6.07 Å². The summed E-state index contributed by atoms with van der Waals surface area (Å²) in [6, 6.07) is 6.52. The SMILES string of the molecule is Cc1nc(CCNCc2cccc(C(F)F)c2)cs1. The van der Waals surface area contributed by atoms with Crippen LogP contribution in [0.15, 0.2) is 29.6 Å². The fraction of sp³-hybridized carbons (Fsp3) is 0.357. The van der Waals surface area contributed by atoms with Gasteiger partial charge in [0, 0.05) is 30.5 Å². The van der Waals surface area contributed by atoms with Crippen LogP contribution in [0.1, 0.15) is 28.3 Å². The average molecular weight is 282 g/mol. The van der Waals surface area contributed by atoms with Crippen LogP contribution in [-0.4, -0.2) is 11.5 Å². The van der Waals surface area contributed by atoms with Gasteiger partial charge in [0.1, 0.15) is 0 Å². The number of rotatable bonds is 6. The maximum absolute atomic E-state index is 12.5. The normalized spacial score (nSPS) is 11.2. The predicted octanol–water partition coefficient (Wildman–Crippen LogP) is 3.72. The van der Waals surface area contributed by atoms with Crippen molar-refractivity contribution in [2.24, 2.45) is 0 Å². The zero-order valence-corrected chi connectivity index (χ0v) is 11.5. The third-order valence-electron chi connectivity index (χ3n) is 2.76. The van der Waals surface area contributed by atoms with Crippen molar-refractivity contribution < 1.29 is 8.78 Å². The predicted molar refractivity (Wildman–Crippen MR) is 73.7 cm³/mol. The highest BCUT2D eigenvalue weighted by Gasteiger charge is 2.06. The molecule has 0 aliphatic carbocycles. The van der Waals surface area contributed by atoms with Gasteiger partial charge in [-0.15, -0.1) is 11.3 Å². The van der Waals surface area contributed by atoms with E-state index in [4.69, 9.17) is 0 Å². The molecule has 0 radical (unpaired) electrons. The van der Waals surface area contributed by atoms with Crippen molar-refractivity contribution in [1.29, 1.82) is 0 Å².